The van der Waals surface area contributed by atoms with Gasteiger partial charge < -0.3 is 16.0 Å². The number of para-hydroxylation sites is 1. The molecule has 2 atom stereocenters. The number of hydrogen-bond donors (Lipinski definition) is 2. The van der Waals surface area contributed by atoms with Crippen molar-refractivity contribution in [1.29, 1.82) is 0 Å². The summed E-state index contributed by atoms with van der Waals surface area (Å²) in [5.41, 5.74) is 4.81. The maximum absolute atomic E-state index is 12.9. The maximum Gasteiger partial charge on any atom is 0.418 e. The number of urea groups is 1. The van der Waals surface area contributed by atoms with Gasteiger partial charge in [0, 0.05) is 19.1 Å². The molecule has 1 heterocycles. The lowest BCUT2D eigenvalue weighted by Gasteiger charge is -2.35. The van der Waals surface area contributed by atoms with Crippen LogP contribution in [0, 0.1) is 5.92 Å². The molecule has 0 aromatic heterocycles. The quantitative estimate of drug-likeness (QED) is 0.838. The molecule has 0 radical (unpaired) electrons. The number of likely N-dealkylation sites (tertiary alicyclic amines) is 1. The molecule has 21 heavy (non-hydrogen) atoms. The number of hydrogen-bond acceptors (Lipinski definition) is 2. The first-order chi connectivity index (χ1) is 9.79. The van der Waals surface area contributed by atoms with Crippen LogP contribution in [-0.4, -0.2) is 30.1 Å². The fourth-order valence-electron chi connectivity index (χ4n) is 2.32. The molecule has 0 aliphatic carbocycles. The normalized spacial score (nSPS) is 23.0. The fraction of sp³-hybridized carbons (Fsp3) is 0.500. The number of nitrogens with two attached hydrogens (primary N) is 1. The van der Waals surface area contributed by atoms with Crippen LogP contribution in [0.2, 0.25) is 0 Å². The average molecular weight is 301 g/mol. The van der Waals surface area contributed by atoms with Crippen molar-refractivity contribution in [3.8, 4) is 0 Å². The molecule has 1 aromatic carbocycles. The van der Waals surface area contributed by atoms with Gasteiger partial charge in [0.2, 0.25) is 0 Å². The van der Waals surface area contributed by atoms with E-state index in [9.17, 15) is 18.0 Å². The molecule has 2 rings (SSSR count). The van der Waals surface area contributed by atoms with Gasteiger partial charge in [0.05, 0.1) is 11.3 Å². The van der Waals surface area contributed by atoms with Crippen LogP contribution in [0.1, 0.15) is 18.9 Å². The van der Waals surface area contributed by atoms with Crippen molar-refractivity contribution in [2.24, 2.45) is 11.7 Å². The van der Waals surface area contributed by atoms with Crippen LogP contribution in [0.25, 0.3) is 0 Å². The monoisotopic (exact) mass is 301 g/mol. The summed E-state index contributed by atoms with van der Waals surface area (Å²) >= 11 is 0. The first-order valence-corrected chi connectivity index (χ1v) is 6.76. The van der Waals surface area contributed by atoms with E-state index in [0.717, 1.165) is 12.5 Å². The molecule has 1 aliphatic heterocycles. The van der Waals surface area contributed by atoms with Gasteiger partial charge in [-0.3, -0.25) is 0 Å². The van der Waals surface area contributed by atoms with Gasteiger partial charge in [-0.1, -0.05) is 19.1 Å². The number of alkyl halides is 3. The Hall–Kier alpha value is -1.76. The zero-order valence-corrected chi connectivity index (χ0v) is 11.7. The third-order valence-corrected chi connectivity index (χ3v) is 3.78. The molecule has 2 amide bonds. The van der Waals surface area contributed by atoms with Gasteiger partial charge in [0.15, 0.2) is 0 Å². The molecule has 0 saturated carbocycles. The number of benzene rings is 1. The van der Waals surface area contributed by atoms with Gasteiger partial charge in [-0.15, -0.1) is 0 Å². The lowest BCUT2D eigenvalue weighted by Crippen LogP contribution is -2.51. The topological polar surface area (TPSA) is 58.4 Å². The summed E-state index contributed by atoms with van der Waals surface area (Å²) in [5.74, 6) is 0.302. The Morgan fingerprint density at radius 2 is 2.05 bits per heavy atom. The van der Waals surface area contributed by atoms with Gasteiger partial charge >= 0.3 is 12.2 Å². The Morgan fingerprint density at radius 1 is 1.38 bits per heavy atom. The number of halogens is 3. The van der Waals surface area contributed by atoms with E-state index < -0.39 is 17.8 Å². The van der Waals surface area contributed by atoms with Crippen LogP contribution in [0.15, 0.2) is 24.3 Å². The molecule has 7 heteroatoms. The van der Waals surface area contributed by atoms with Crippen LogP contribution in [0.3, 0.4) is 0 Å². The first kappa shape index (κ1) is 15.6. The maximum atomic E-state index is 12.9. The highest BCUT2D eigenvalue weighted by molar-refractivity contribution is 5.90. The smallest absolute Gasteiger partial charge is 0.326 e. The van der Waals surface area contributed by atoms with Crippen LogP contribution in [0.4, 0.5) is 23.7 Å². The molecule has 1 saturated heterocycles. The van der Waals surface area contributed by atoms with Crippen LogP contribution < -0.4 is 11.1 Å². The van der Waals surface area contributed by atoms with E-state index in [1.54, 1.807) is 0 Å². The van der Waals surface area contributed by atoms with Crippen molar-refractivity contribution in [2.75, 3.05) is 18.4 Å². The molecule has 0 bridgehead atoms. The van der Waals surface area contributed by atoms with E-state index in [4.69, 9.17) is 5.73 Å². The molecule has 0 spiro atoms. The Kier molecular flexibility index (Phi) is 4.41. The lowest BCUT2D eigenvalue weighted by molar-refractivity contribution is -0.136. The van der Waals surface area contributed by atoms with E-state index in [1.807, 2.05) is 6.92 Å². The van der Waals surface area contributed by atoms with Gasteiger partial charge in [-0.25, -0.2) is 4.79 Å². The van der Waals surface area contributed by atoms with Crippen molar-refractivity contribution < 1.29 is 18.0 Å². The summed E-state index contributed by atoms with van der Waals surface area (Å²) in [5, 5.41) is 2.33. The molecular formula is C14H18F3N3O. The van der Waals surface area contributed by atoms with Crippen LogP contribution in [0.5, 0.6) is 0 Å². The van der Waals surface area contributed by atoms with Gasteiger partial charge in [0.1, 0.15) is 0 Å². The lowest BCUT2D eigenvalue weighted by atomic mass is 9.94. The van der Waals surface area contributed by atoms with Crippen LogP contribution >= 0.6 is 0 Å². The Morgan fingerprint density at radius 3 is 2.67 bits per heavy atom. The molecular weight excluding hydrogens is 283 g/mol. The van der Waals surface area contributed by atoms with Crippen molar-refractivity contribution in [1.82, 2.24) is 4.90 Å². The number of nitrogens with zero attached hydrogens (tertiary/aromatic N) is 1. The van der Waals surface area contributed by atoms with Gasteiger partial charge in [-0.05, 0) is 24.5 Å². The number of carbonyl (C=O) groups excluding carboxylic acids is 1. The molecule has 4 nitrogen and oxygen atoms in total. The first-order valence-electron chi connectivity index (χ1n) is 6.76. The molecule has 1 fully saturated rings. The van der Waals surface area contributed by atoms with Crippen molar-refractivity contribution in [2.45, 2.75) is 25.6 Å². The van der Waals surface area contributed by atoms with Crippen molar-refractivity contribution in [3.63, 3.8) is 0 Å². The zero-order valence-electron chi connectivity index (χ0n) is 11.7. The summed E-state index contributed by atoms with van der Waals surface area (Å²) < 4.78 is 38.6. The van der Waals surface area contributed by atoms with E-state index >= 15 is 0 Å². The second kappa shape index (κ2) is 5.93. The minimum Gasteiger partial charge on any atom is -0.326 e. The van der Waals surface area contributed by atoms with Crippen molar-refractivity contribution in [3.05, 3.63) is 29.8 Å². The number of carbonyl (C=O) groups is 1. The highest BCUT2D eigenvalue weighted by atomic mass is 19.4. The van der Waals surface area contributed by atoms with Gasteiger partial charge in [0.25, 0.3) is 0 Å². The Balaban J connectivity index is 2.10. The molecule has 116 valence electrons. The number of nitrogens with one attached hydrogen (secondary N) is 1. The van der Waals surface area contributed by atoms with Gasteiger partial charge in [-0.2, -0.15) is 13.2 Å². The minimum atomic E-state index is -4.50. The standard InChI is InChI=1S/C14H18F3N3O/c1-9-6-7-20(8-11(9)18)13(21)19-12-5-3-2-4-10(12)14(15,16)17/h2-5,9,11H,6-8,18H2,1H3,(H,19,21). The number of anilines is 1. The second-order valence-electron chi connectivity index (χ2n) is 5.35. The molecule has 1 aromatic rings. The molecule has 2 unspecified atom stereocenters. The fourth-order valence-corrected chi connectivity index (χ4v) is 2.32. The molecule has 1 aliphatic rings. The van der Waals surface area contributed by atoms with E-state index in [0.29, 0.717) is 19.0 Å². The van der Waals surface area contributed by atoms with Crippen molar-refractivity contribution >= 4 is 11.7 Å². The predicted octanol–water partition coefficient (Wildman–Crippen LogP) is 2.91. The van der Waals surface area contributed by atoms with E-state index in [-0.39, 0.29) is 11.7 Å². The summed E-state index contributed by atoms with van der Waals surface area (Å²) in [6.45, 7) is 2.84. The summed E-state index contributed by atoms with van der Waals surface area (Å²) in [6.07, 6.45) is -3.76. The second-order valence-corrected chi connectivity index (χ2v) is 5.35. The molecule has 3 N–H and O–H groups in total. The largest absolute Gasteiger partial charge is 0.418 e. The average Bonchev–Trinajstić information content (AvgIpc) is 2.41. The summed E-state index contributed by atoms with van der Waals surface area (Å²) in [7, 11) is 0. The zero-order chi connectivity index (χ0) is 15.6. The summed E-state index contributed by atoms with van der Waals surface area (Å²) in [4.78, 5) is 13.5. The van der Waals surface area contributed by atoms with Crippen LogP contribution in [-0.2, 0) is 6.18 Å². The third kappa shape index (κ3) is 3.66. The Bertz CT molecular complexity index is 518. The van der Waals surface area contributed by atoms with E-state index in [1.165, 1.54) is 23.1 Å². The SMILES string of the molecule is CC1CCN(C(=O)Nc2ccccc2C(F)(F)F)CC1N. The predicted molar refractivity (Wildman–Crippen MR) is 73.8 cm³/mol. The highest BCUT2D eigenvalue weighted by Crippen LogP contribution is 2.34. The number of piperidine rings is 1. The number of rotatable bonds is 1. The minimum absolute atomic E-state index is 0.151. The van der Waals surface area contributed by atoms with E-state index in [2.05, 4.69) is 5.32 Å². The Labute approximate surface area is 121 Å². The third-order valence-electron chi connectivity index (χ3n) is 3.78. The highest BCUT2D eigenvalue weighted by Gasteiger charge is 2.34. The summed E-state index contributed by atoms with van der Waals surface area (Å²) in [6, 6.07) is 4.23. The number of amides is 2.